The quantitative estimate of drug-likeness (QED) is 0.870. The first kappa shape index (κ1) is 12.1. The highest BCUT2D eigenvalue weighted by Gasteiger charge is 2.42. The second kappa shape index (κ2) is 4.15. The number of hydrogen-bond acceptors (Lipinski definition) is 5. The predicted octanol–water partition coefficient (Wildman–Crippen LogP) is 1.08. The Hall–Kier alpha value is -1.34. The molecule has 0 radical (unpaired) electrons. The van der Waals surface area contributed by atoms with Gasteiger partial charge in [0.05, 0.1) is 4.90 Å². The summed E-state index contributed by atoms with van der Waals surface area (Å²) in [6, 6.07) is 6.25. The number of aryl methyl sites for hydroxylation is 1. The van der Waals surface area contributed by atoms with Gasteiger partial charge in [0, 0.05) is 0 Å². The van der Waals surface area contributed by atoms with Gasteiger partial charge < -0.3 is 0 Å². The van der Waals surface area contributed by atoms with Gasteiger partial charge in [-0.1, -0.05) is 12.1 Å². The van der Waals surface area contributed by atoms with Crippen molar-refractivity contribution >= 4 is 32.7 Å². The Labute approximate surface area is 103 Å². The minimum absolute atomic E-state index is 0.0554. The molecule has 5 nitrogen and oxygen atoms in total. The number of benzene rings is 1. The molecular formula is C10H9NO4S2. The number of amides is 2. The zero-order valence-corrected chi connectivity index (χ0v) is 10.5. The largest absolute Gasteiger partial charge is 0.287 e. The summed E-state index contributed by atoms with van der Waals surface area (Å²) in [7, 11) is -3.81. The first-order valence-corrected chi connectivity index (χ1v) is 7.16. The van der Waals surface area contributed by atoms with Crippen LogP contribution in [0, 0.1) is 6.92 Å². The van der Waals surface area contributed by atoms with Gasteiger partial charge in [0.2, 0.25) is 0 Å². The van der Waals surface area contributed by atoms with Crippen LogP contribution in [0.4, 0.5) is 4.79 Å². The normalized spacial score (nSPS) is 20.4. The number of carbonyl (C=O) groups excluding carboxylic acids is 2. The van der Waals surface area contributed by atoms with Gasteiger partial charge in [-0.2, -0.15) is 0 Å². The van der Waals surface area contributed by atoms with E-state index in [0.717, 1.165) is 5.56 Å². The van der Waals surface area contributed by atoms with Gasteiger partial charge in [-0.3, -0.25) is 14.9 Å². The zero-order valence-electron chi connectivity index (χ0n) is 8.84. The molecule has 7 heteroatoms. The second-order valence-corrected chi connectivity index (χ2v) is 7.00. The maximum Gasteiger partial charge on any atom is 0.287 e. The molecule has 0 saturated carbocycles. The molecule has 17 heavy (non-hydrogen) atoms. The van der Waals surface area contributed by atoms with E-state index in [1.165, 1.54) is 12.1 Å². The van der Waals surface area contributed by atoms with Gasteiger partial charge in [0.25, 0.3) is 11.1 Å². The molecule has 0 spiro atoms. The number of hydrogen-bond donors (Lipinski definition) is 1. The highest BCUT2D eigenvalue weighted by molar-refractivity contribution is 8.24. The SMILES string of the molecule is Cc1cccc(S(=O)(=O)C2SC(=O)NC2=O)c1. The van der Waals surface area contributed by atoms with Gasteiger partial charge in [0.15, 0.2) is 14.4 Å². The average Bonchev–Trinajstić information content (AvgIpc) is 2.58. The molecular weight excluding hydrogens is 262 g/mol. The first-order chi connectivity index (χ1) is 7.91. The molecule has 1 aliphatic rings. The summed E-state index contributed by atoms with van der Waals surface area (Å²) in [6.07, 6.45) is 0. The Morgan fingerprint density at radius 1 is 1.29 bits per heavy atom. The van der Waals surface area contributed by atoms with E-state index in [1.807, 2.05) is 5.32 Å². The van der Waals surface area contributed by atoms with Crippen LogP contribution in [0.25, 0.3) is 0 Å². The zero-order chi connectivity index (χ0) is 12.6. The Morgan fingerprint density at radius 2 is 2.00 bits per heavy atom. The lowest BCUT2D eigenvalue weighted by Crippen LogP contribution is -2.30. The molecule has 90 valence electrons. The number of thioether (sulfide) groups is 1. The molecule has 0 aromatic heterocycles. The lowest BCUT2D eigenvalue weighted by Gasteiger charge is -2.08. The third-order valence-corrected chi connectivity index (χ3v) is 5.74. The van der Waals surface area contributed by atoms with Crippen LogP contribution in [0.2, 0.25) is 0 Å². The maximum absolute atomic E-state index is 12.1. The third-order valence-electron chi connectivity index (χ3n) is 2.25. The summed E-state index contributed by atoms with van der Waals surface area (Å²) < 4.78 is 22.8. The summed E-state index contributed by atoms with van der Waals surface area (Å²) in [6.45, 7) is 1.76. The van der Waals surface area contributed by atoms with Crippen LogP contribution in [-0.2, 0) is 14.6 Å². The van der Waals surface area contributed by atoms with E-state index < -0.39 is 25.6 Å². The Bertz CT molecular complexity index is 594. The van der Waals surface area contributed by atoms with Crippen molar-refractivity contribution in [3.8, 4) is 0 Å². The van der Waals surface area contributed by atoms with Crippen molar-refractivity contribution in [2.24, 2.45) is 0 Å². The third kappa shape index (κ3) is 2.20. The van der Waals surface area contributed by atoms with Crippen LogP contribution >= 0.6 is 11.8 Å². The van der Waals surface area contributed by atoms with Gasteiger partial charge in [0.1, 0.15) is 0 Å². The summed E-state index contributed by atoms with van der Waals surface area (Å²) in [5, 5.41) is 1.33. The van der Waals surface area contributed by atoms with Crippen LogP contribution in [0.3, 0.4) is 0 Å². The topological polar surface area (TPSA) is 80.3 Å². The van der Waals surface area contributed by atoms with Gasteiger partial charge in [-0.05, 0) is 36.4 Å². The molecule has 2 rings (SSSR count). The van der Waals surface area contributed by atoms with Crippen LogP contribution < -0.4 is 5.32 Å². The van der Waals surface area contributed by atoms with Gasteiger partial charge in [-0.25, -0.2) is 8.42 Å². The Morgan fingerprint density at radius 3 is 2.53 bits per heavy atom. The average molecular weight is 271 g/mol. The van der Waals surface area contributed by atoms with Crippen LogP contribution in [0.5, 0.6) is 0 Å². The molecule has 0 bridgehead atoms. The lowest BCUT2D eigenvalue weighted by molar-refractivity contribution is -0.117. The van der Waals surface area contributed by atoms with Crippen molar-refractivity contribution in [2.45, 2.75) is 16.4 Å². The van der Waals surface area contributed by atoms with E-state index in [9.17, 15) is 18.0 Å². The number of carbonyl (C=O) groups is 2. The molecule has 1 fully saturated rings. The lowest BCUT2D eigenvalue weighted by atomic mass is 10.2. The van der Waals surface area contributed by atoms with Crippen molar-refractivity contribution in [1.29, 1.82) is 0 Å². The number of rotatable bonds is 2. The number of nitrogens with one attached hydrogen (secondary N) is 1. The van der Waals surface area contributed by atoms with E-state index in [2.05, 4.69) is 0 Å². The first-order valence-electron chi connectivity index (χ1n) is 4.73. The van der Waals surface area contributed by atoms with Gasteiger partial charge in [-0.15, -0.1) is 0 Å². The molecule has 1 saturated heterocycles. The highest BCUT2D eigenvalue weighted by Crippen LogP contribution is 2.29. The monoisotopic (exact) mass is 271 g/mol. The summed E-state index contributed by atoms with van der Waals surface area (Å²) in [5.74, 6) is -0.776. The molecule has 2 amide bonds. The Kier molecular flexibility index (Phi) is 2.96. The van der Waals surface area contributed by atoms with Gasteiger partial charge >= 0.3 is 0 Å². The van der Waals surface area contributed by atoms with E-state index in [-0.39, 0.29) is 4.90 Å². The van der Waals surface area contributed by atoms with E-state index in [1.54, 1.807) is 19.1 Å². The highest BCUT2D eigenvalue weighted by atomic mass is 32.3. The number of imide groups is 1. The van der Waals surface area contributed by atoms with E-state index >= 15 is 0 Å². The molecule has 1 aliphatic heterocycles. The number of sulfone groups is 1. The predicted molar refractivity (Wildman–Crippen MR) is 63.3 cm³/mol. The van der Waals surface area contributed by atoms with Crippen molar-refractivity contribution in [1.82, 2.24) is 5.32 Å². The summed E-state index contributed by atoms with van der Waals surface area (Å²) in [5.41, 5.74) is 0.779. The van der Waals surface area contributed by atoms with Crippen LogP contribution in [-0.4, -0.2) is 24.1 Å². The Balaban J connectivity index is 2.44. The van der Waals surface area contributed by atoms with Crippen molar-refractivity contribution in [3.63, 3.8) is 0 Å². The molecule has 1 N–H and O–H groups in total. The molecule has 1 aromatic carbocycles. The molecule has 1 aromatic rings. The smallest absolute Gasteiger partial charge is 0.285 e. The fourth-order valence-corrected chi connectivity index (χ4v) is 4.29. The standard InChI is InChI=1S/C10H9NO4S2/c1-6-3-2-4-7(5-6)17(14,15)9-8(12)11-10(13)16-9/h2-5,9H,1H3,(H,11,12,13). The minimum atomic E-state index is -3.81. The maximum atomic E-state index is 12.1. The van der Waals surface area contributed by atoms with Crippen LogP contribution in [0.1, 0.15) is 5.56 Å². The van der Waals surface area contributed by atoms with Crippen LogP contribution in [0.15, 0.2) is 29.2 Å². The van der Waals surface area contributed by atoms with E-state index in [4.69, 9.17) is 0 Å². The summed E-state index contributed by atoms with van der Waals surface area (Å²) >= 11 is 0.494. The molecule has 0 aliphatic carbocycles. The molecule has 1 unspecified atom stereocenters. The molecule has 1 atom stereocenters. The summed E-state index contributed by atoms with van der Waals surface area (Å²) in [4.78, 5) is 22.4. The van der Waals surface area contributed by atoms with Crippen molar-refractivity contribution in [3.05, 3.63) is 29.8 Å². The van der Waals surface area contributed by atoms with Crippen molar-refractivity contribution < 1.29 is 18.0 Å². The van der Waals surface area contributed by atoms with Crippen molar-refractivity contribution in [2.75, 3.05) is 0 Å². The van der Waals surface area contributed by atoms with E-state index in [0.29, 0.717) is 11.8 Å². The second-order valence-electron chi connectivity index (χ2n) is 3.59. The minimum Gasteiger partial charge on any atom is -0.285 e. The fraction of sp³-hybridized carbons (Fsp3) is 0.200. The molecule has 1 heterocycles. The fourth-order valence-electron chi connectivity index (χ4n) is 1.46.